The lowest BCUT2D eigenvalue weighted by Gasteiger charge is -2.48. The molecule has 2 aliphatic carbocycles. The number of fused-ring (bicyclic) bond motifs is 3. The highest BCUT2D eigenvalue weighted by molar-refractivity contribution is 6.31. The molecule has 316 valence electrons. The van der Waals surface area contributed by atoms with E-state index in [2.05, 4.69) is 0 Å². The average molecular weight is 812 g/mol. The summed E-state index contributed by atoms with van der Waals surface area (Å²) >= 11 is 0. The zero-order valence-corrected chi connectivity index (χ0v) is 33.8. The Hall–Kier alpha value is -4.00. The first-order valence-electron chi connectivity index (χ1n) is 19.9. The van der Waals surface area contributed by atoms with E-state index in [9.17, 15) is 39.6 Å². The fourth-order valence-electron chi connectivity index (χ4n) is 9.29. The van der Waals surface area contributed by atoms with Gasteiger partial charge in [-0.2, -0.15) is 0 Å². The number of phenolic OH excluding ortho intramolecular Hbond substituents is 3. The normalized spacial score (nSPS) is 35.0. The van der Waals surface area contributed by atoms with Crippen LogP contribution in [0, 0.1) is 0 Å². The maximum atomic E-state index is 14.0. The predicted octanol–water partition coefficient (Wildman–Crippen LogP) is 3.89. The largest absolute Gasteiger partial charge is 0.507 e. The number of likely N-dealkylation sites (N-methyl/N-ethyl adjacent to an activating group) is 1. The van der Waals surface area contributed by atoms with Crippen LogP contribution in [0.2, 0.25) is 0 Å². The molecule has 0 bridgehead atoms. The highest BCUT2D eigenvalue weighted by Crippen LogP contribution is 2.57. The van der Waals surface area contributed by atoms with Gasteiger partial charge in [0.05, 0.1) is 53.8 Å². The Balaban J connectivity index is 1.15. The second kappa shape index (κ2) is 16.2. The van der Waals surface area contributed by atoms with Gasteiger partial charge in [-0.25, -0.2) is 0 Å². The predicted molar refractivity (Wildman–Crippen MR) is 202 cm³/mol. The Morgan fingerprint density at radius 3 is 2.17 bits per heavy atom. The molecule has 5 aliphatic rings. The fraction of sp³-hybridized carbons (Fsp3) is 0.619. The first-order valence-corrected chi connectivity index (χ1v) is 19.9. The summed E-state index contributed by atoms with van der Waals surface area (Å²) in [5.74, 6) is -6.23. The molecule has 12 unspecified atom stereocenters. The molecule has 58 heavy (non-hydrogen) atoms. The number of hydrogen-bond acceptors (Lipinski definition) is 16. The number of rotatable bonds is 9. The van der Waals surface area contributed by atoms with E-state index >= 15 is 0 Å². The number of methoxy groups -OCH3 is 1. The highest BCUT2D eigenvalue weighted by atomic mass is 16.7. The van der Waals surface area contributed by atoms with Gasteiger partial charge in [0.15, 0.2) is 30.4 Å². The number of ketones is 3. The Morgan fingerprint density at radius 1 is 0.845 bits per heavy atom. The number of benzene rings is 2. The summed E-state index contributed by atoms with van der Waals surface area (Å²) in [6, 6.07) is 3.61. The van der Waals surface area contributed by atoms with Gasteiger partial charge in [0, 0.05) is 54.8 Å². The summed E-state index contributed by atoms with van der Waals surface area (Å²) in [6.45, 7) is 7.10. The minimum atomic E-state index is -1.90. The third-order valence-corrected chi connectivity index (χ3v) is 12.5. The van der Waals surface area contributed by atoms with Crippen LogP contribution < -0.4 is 0 Å². The first-order chi connectivity index (χ1) is 27.5. The molecule has 0 amide bonds. The molecule has 0 aromatic heterocycles. The summed E-state index contributed by atoms with van der Waals surface area (Å²) < 4.78 is 42.9. The lowest BCUT2D eigenvalue weighted by molar-refractivity contribution is -0.311. The first kappa shape index (κ1) is 42.1. The summed E-state index contributed by atoms with van der Waals surface area (Å²) in [5, 5.41) is 46.7. The van der Waals surface area contributed by atoms with Crippen LogP contribution in [-0.4, -0.2) is 131 Å². The third-order valence-electron chi connectivity index (χ3n) is 12.5. The van der Waals surface area contributed by atoms with Crippen LogP contribution in [0.3, 0.4) is 0 Å². The van der Waals surface area contributed by atoms with E-state index in [0.717, 1.165) is 7.11 Å². The van der Waals surface area contributed by atoms with E-state index in [1.165, 1.54) is 18.2 Å². The average Bonchev–Trinajstić information content (AvgIpc) is 3.17. The molecule has 2 aromatic carbocycles. The van der Waals surface area contributed by atoms with Crippen LogP contribution in [0.25, 0.3) is 0 Å². The van der Waals surface area contributed by atoms with Gasteiger partial charge in [0.25, 0.3) is 0 Å². The molecule has 12 atom stereocenters. The van der Waals surface area contributed by atoms with Crippen molar-refractivity contribution in [3.05, 3.63) is 51.6 Å². The van der Waals surface area contributed by atoms with Gasteiger partial charge in [-0.15, -0.1) is 0 Å². The molecule has 7 rings (SSSR count). The second-order valence-electron chi connectivity index (χ2n) is 16.2. The third kappa shape index (κ3) is 7.31. The molecule has 16 heteroatoms. The van der Waals surface area contributed by atoms with Gasteiger partial charge in [-0.1, -0.05) is 19.1 Å². The molecule has 3 fully saturated rings. The maximum Gasteiger partial charge on any atom is 0.316 e. The number of nitrogens with zero attached hydrogens (tertiary/aromatic N) is 1. The van der Waals surface area contributed by atoms with Gasteiger partial charge in [-0.05, 0) is 53.8 Å². The second-order valence-corrected chi connectivity index (χ2v) is 16.2. The Bertz CT molecular complexity index is 1970. The zero-order chi connectivity index (χ0) is 42.0. The topological polar surface area (TPSA) is 217 Å². The number of hydrogen-bond donors (Lipinski definition) is 4. The Kier molecular flexibility index (Phi) is 11.8. The van der Waals surface area contributed by atoms with Crippen molar-refractivity contribution in [3.8, 4) is 17.2 Å². The van der Waals surface area contributed by atoms with E-state index in [1.54, 1.807) is 13.8 Å². The van der Waals surface area contributed by atoms with Crippen molar-refractivity contribution in [2.45, 2.75) is 146 Å². The SMILES string of the molecule is CCC1(O)CC(OC2CC(N(C)C)C(OC3CCC(OC4CCC(=O)C(C)O4)C(C)O3)C(C)O2)c2c(O)c3c(c(O)c2C1C(=O)OC)C(=O)c1cccc(O)c1C3=O. The summed E-state index contributed by atoms with van der Waals surface area (Å²) in [6.07, 6.45) is -3.45. The number of phenols is 3. The van der Waals surface area contributed by atoms with Crippen molar-refractivity contribution in [2.75, 3.05) is 21.2 Å². The van der Waals surface area contributed by atoms with Crippen molar-refractivity contribution in [3.63, 3.8) is 0 Å². The summed E-state index contributed by atoms with van der Waals surface area (Å²) in [5.41, 5.74) is -4.04. The van der Waals surface area contributed by atoms with E-state index in [1.807, 2.05) is 32.8 Å². The Labute approximate surface area is 336 Å². The molecule has 0 spiro atoms. The molecule has 3 aliphatic heterocycles. The lowest BCUT2D eigenvalue weighted by Crippen LogP contribution is -2.57. The fourth-order valence-corrected chi connectivity index (χ4v) is 9.29. The molecule has 2 aromatic rings. The van der Waals surface area contributed by atoms with Gasteiger partial charge >= 0.3 is 5.97 Å². The highest BCUT2D eigenvalue weighted by Gasteiger charge is 2.55. The molecule has 4 N–H and O–H groups in total. The van der Waals surface area contributed by atoms with Crippen molar-refractivity contribution in [1.29, 1.82) is 0 Å². The van der Waals surface area contributed by atoms with Crippen LogP contribution in [0.4, 0.5) is 0 Å². The molecule has 3 heterocycles. The zero-order valence-electron chi connectivity index (χ0n) is 33.8. The number of esters is 1. The minimum absolute atomic E-state index is 0.0245. The number of carbonyl (C=O) groups excluding carboxylic acids is 4. The van der Waals surface area contributed by atoms with Crippen molar-refractivity contribution < 1.29 is 72.8 Å². The Morgan fingerprint density at radius 2 is 1.52 bits per heavy atom. The number of Topliss-reactive ketones (excluding diaryl/α,β-unsaturated/α-hetero) is 1. The van der Waals surface area contributed by atoms with E-state index in [4.69, 9.17) is 33.2 Å². The molecule has 0 radical (unpaired) electrons. The quantitative estimate of drug-likeness (QED) is 0.178. The number of ether oxygens (including phenoxy) is 7. The maximum absolute atomic E-state index is 14.0. The molecule has 3 saturated heterocycles. The van der Waals surface area contributed by atoms with Crippen LogP contribution in [-0.2, 0) is 42.7 Å². The molecule has 0 saturated carbocycles. The molecular weight excluding hydrogens is 758 g/mol. The van der Waals surface area contributed by atoms with Crippen LogP contribution in [0.5, 0.6) is 17.2 Å². The number of aromatic hydroxyl groups is 3. The standard InChI is InChI=1S/C42H53NO15/c1-8-42(51)17-26(31-32(35(42)41(50)52-7)39(49)33-34(38(31)48)37(47)30-21(36(33)46)10-9-11-24(30)45)57-29-16-22(43(5)6)40(20(4)55-29)58-28-15-13-25(19(3)54-28)56-27-14-12-23(44)18(2)53-27/h9-11,18-20,22,25-29,35,40,45,48-49,51H,8,12-17H2,1-7H3. The smallest absolute Gasteiger partial charge is 0.316 e. The molecule has 16 nitrogen and oxygen atoms in total. The number of carbonyl (C=O) groups is 4. The summed E-state index contributed by atoms with van der Waals surface area (Å²) in [7, 11) is 4.89. The molecular formula is C42H53NO15. The van der Waals surface area contributed by atoms with Crippen molar-refractivity contribution in [2.24, 2.45) is 0 Å². The van der Waals surface area contributed by atoms with Gasteiger partial charge in [0.1, 0.15) is 35.4 Å². The lowest BCUT2D eigenvalue weighted by atomic mass is 9.66. The van der Waals surface area contributed by atoms with Crippen molar-refractivity contribution in [1.82, 2.24) is 4.90 Å². The van der Waals surface area contributed by atoms with Gasteiger partial charge in [0.2, 0.25) is 5.78 Å². The van der Waals surface area contributed by atoms with E-state index in [-0.39, 0.29) is 65.5 Å². The summed E-state index contributed by atoms with van der Waals surface area (Å²) in [4.78, 5) is 55.2. The van der Waals surface area contributed by atoms with Crippen LogP contribution >= 0.6 is 0 Å². The van der Waals surface area contributed by atoms with Gasteiger partial charge < -0.3 is 58.5 Å². The number of aliphatic hydroxyl groups is 1. The van der Waals surface area contributed by atoms with Crippen molar-refractivity contribution >= 4 is 23.3 Å². The van der Waals surface area contributed by atoms with E-state index in [0.29, 0.717) is 25.7 Å². The monoisotopic (exact) mass is 811 g/mol. The minimum Gasteiger partial charge on any atom is -0.507 e. The van der Waals surface area contributed by atoms with Gasteiger partial charge in [-0.3, -0.25) is 19.2 Å². The van der Waals surface area contributed by atoms with Crippen LogP contribution in [0.15, 0.2) is 18.2 Å². The van der Waals surface area contributed by atoms with E-state index < -0.39 is 101 Å². The van der Waals surface area contributed by atoms with Crippen LogP contribution in [0.1, 0.15) is 128 Å².